The number of ether oxygens (including phenoxy) is 1. The van der Waals surface area contributed by atoms with Gasteiger partial charge in [-0.15, -0.1) is 0 Å². The summed E-state index contributed by atoms with van der Waals surface area (Å²) in [7, 11) is 1.55. The van der Waals surface area contributed by atoms with Gasteiger partial charge >= 0.3 is 0 Å². The van der Waals surface area contributed by atoms with Crippen LogP contribution in [0.1, 0.15) is 54.2 Å². The van der Waals surface area contributed by atoms with E-state index in [0.29, 0.717) is 28.9 Å². The van der Waals surface area contributed by atoms with Crippen molar-refractivity contribution < 1.29 is 9.53 Å². The van der Waals surface area contributed by atoms with E-state index in [9.17, 15) is 4.79 Å². The second-order valence-corrected chi connectivity index (χ2v) is 8.27. The molecule has 4 aromatic rings. The van der Waals surface area contributed by atoms with E-state index in [1.54, 1.807) is 37.7 Å². The Labute approximate surface area is 191 Å². The maximum atomic E-state index is 12.8. The van der Waals surface area contributed by atoms with Crippen LogP contribution in [0, 0.1) is 0 Å². The van der Waals surface area contributed by atoms with Crippen LogP contribution in [0.4, 0.5) is 11.6 Å². The third-order valence-corrected chi connectivity index (χ3v) is 6.21. The summed E-state index contributed by atoms with van der Waals surface area (Å²) in [6.07, 6.45) is 11.2. The quantitative estimate of drug-likeness (QED) is 0.465. The second-order valence-electron chi connectivity index (χ2n) is 8.27. The number of methoxy groups -OCH3 is 1. The SMILES string of the molecule is COc1cc(-c2nc(C3CCCCC3)n3ccnc(N)c23)ccc1C(=O)Nc1ccccn1. The Morgan fingerprint density at radius 1 is 1.12 bits per heavy atom. The lowest BCUT2D eigenvalue weighted by Gasteiger charge is -2.20. The minimum atomic E-state index is -0.295. The van der Waals surface area contributed by atoms with Crippen molar-refractivity contribution in [2.45, 2.75) is 38.0 Å². The van der Waals surface area contributed by atoms with Crippen molar-refractivity contribution >= 4 is 23.1 Å². The van der Waals surface area contributed by atoms with Crippen LogP contribution in [0.25, 0.3) is 16.8 Å². The van der Waals surface area contributed by atoms with Crippen LogP contribution in [0.2, 0.25) is 0 Å². The molecule has 0 unspecified atom stereocenters. The summed E-state index contributed by atoms with van der Waals surface area (Å²) in [4.78, 5) is 26.3. The summed E-state index contributed by atoms with van der Waals surface area (Å²) >= 11 is 0. The first kappa shape index (κ1) is 20.9. The monoisotopic (exact) mass is 442 g/mol. The van der Waals surface area contributed by atoms with Gasteiger partial charge in [0.2, 0.25) is 0 Å². The lowest BCUT2D eigenvalue weighted by atomic mass is 9.89. The molecule has 1 saturated carbocycles. The van der Waals surface area contributed by atoms with Gasteiger partial charge in [-0.3, -0.25) is 9.20 Å². The van der Waals surface area contributed by atoms with Gasteiger partial charge in [-0.25, -0.2) is 15.0 Å². The van der Waals surface area contributed by atoms with Gasteiger partial charge < -0.3 is 15.8 Å². The molecule has 0 saturated heterocycles. The summed E-state index contributed by atoms with van der Waals surface area (Å²) in [5.74, 6) is 2.47. The molecular weight excluding hydrogens is 416 g/mol. The summed E-state index contributed by atoms with van der Waals surface area (Å²) in [5, 5.41) is 2.80. The van der Waals surface area contributed by atoms with Crippen molar-refractivity contribution in [1.29, 1.82) is 0 Å². The molecule has 0 bridgehead atoms. The Balaban J connectivity index is 1.55. The number of nitrogens with one attached hydrogen (secondary N) is 1. The zero-order valence-corrected chi connectivity index (χ0v) is 18.5. The van der Waals surface area contributed by atoms with Gasteiger partial charge in [-0.2, -0.15) is 0 Å². The zero-order chi connectivity index (χ0) is 22.8. The number of anilines is 2. The number of rotatable bonds is 5. The van der Waals surface area contributed by atoms with E-state index >= 15 is 0 Å². The summed E-state index contributed by atoms with van der Waals surface area (Å²) in [5.41, 5.74) is 9.06. The van der Waals surface area contributed by atoms with E-state index in [4.69, 9.17) is 15.5 Å². The highest BCUT2D eigenvalue weighted by Crippen LogP contribution is 2.37. The summed E-state index contributed by atoms with van der Waals surface area (Å²) in [6.45, 7) is 0. The Hall–Kier alpha value is -3.94. The normalized spacial score (nSPS) is 14.3. The van der Waals surface area contributed by atoms with E-state index in [2.05, 4.69) is 19.7 Å². The number of fused-ring (bicyclic) bond motifs is 1. The average molecular weight is 443 g/mol. The number of benzene rings is 1. The lowest BCUT2D eigenvalue weighted by Crippen LogP contribution is -2.14. The molecule has 0 radical (unpaired) electrons. The number of amides is 1. The number of hydrogen-bond acceptors (Lipinski definition) is 6. The highest BCUT2D eigenvalue weighted by molar-refractivity contribution is 6.06. The Kier molecular flexibility index (Phi) is 5.64. The van der Waals surface area contributed by atoms with Crippen molar-refractivity contribution in [2.75, 3.05) is 18.2 Å². The zero-order valence-electron chi connectivity index (χ0n) is 18.5. The van der Waals surface area contributed by atoms with E-state index in [1.807, 2.05) is 24.4 Å². The van der Waals surface area contributed by atoms with Crippen LogP contribution in [-0.2, 0) is 0 Å². The highest BCUT2D eigenvalue weighted by Gasteiger charge is 2.25. The first-order valence-corrected chi connectivity index (χ1v) is 11.2. The van der Waals surface area contributed by atoms with Crippen LogP contribution < -0.4 is 15.8 Å². The smallest absolute Gasteiger partial charge is 0.260 e. The Morgan fingerprint density at radius 2 is 1.97 bits per heavy atom. The van der Waals surface area contributed by atoms with Gasteiger partial charge in [0, 0.05) is 30.1 Å². The number of nitrogens with two attached hydrogens (primary N) is 1. The van der Waals surface area contributed by atoms with E-state index < -0.39 is 0 Å². The van der Waals surface area contributed by atoms with Crippen LogP contribution in [0.5, 0.6) is 5.75 Å². The van der Waals surface area contributed by atoms with Crippen molar-refractivity contribution in [2.24, 2.45) is 0 Å². The lowest BCUT2D eigenvalue weighted by molar-refractivity contribution is 0.102. The van der Waals surface area contributed by atoms with Gasteiger partial charge in [0.25, 0.3) is 5.91 Å². The van der Waals surface area contributed by atoms with Crippen LogP contribution in [0.3, 0.4) is 0 Å². The first-order valence-electron chi connectivity index (χ1n) is 11.2. The average Bonchev–Trinajstić information content (AvgIpc) is 3.26. The Bertz CT molecular complexity index is 1300. The molecule has 5 rings (SSSR count). The molecule has 0 aliphatic heterocycles. The number of aromatic nitrogens is 4. The fourth-order valence-corrected chi connectivity index (χ4v) is 4.58. The maximum absolute atomic E-state index is 12.8. The minimum Gasteiger partial charge on any atom is -0.496 e. The fourth-order valence-electron chi connectivity index (χ4n) is 4.58. The molecule has 1 aromatic carbocycles. The molecule has 168 valence electrons. The van der Waals surface area contributed by atoms with Crippen molar-refractivity contribution in [3.05, 3.63) is 66.4 Å². The van der Waals surface area contributed by atoms with Gasteiger partial charge in [0.05, 0.1) is 12.7 Å². The molecular formula is C25H26N6O2. The largest absolute Gasteiger partial charge is 0.496 e. The number of carbonyl (C=O) groups excluding carboxylic acids is 1. The number of nitrogens with zero attached hydrogens (tertiary/aromatic N) is 4. The number of pyridine rings is 1. The van der Waals surface area contributed by atoms with Crippen molar-refractivity contribution in [1.82, 2.24) is 19.4 Å². The number of imidazole rings is 1. The minimum absolute atomic E-state index is 0.295. The van der Waals surface area contributed by atoms with E-state index in [1.165, 1.54) is 19.3 Å². The van der Waals surface area contributed by atoms with Crippen LogP contribution in [0.15, 0.2) is 55.0 Å². The molecule has 1 fully saturated rings. The van der Waals surface area contributed by atoms with Crippen LogP contribution in [-0.4, -0.2) is 32.4 Å². The number of carbonyl (C=O) groups is 1. The molecule has 0 atom stereocenters. The predicted octanol–water partition coefficient (Wildman–Crippen LogP) is 4.68. The molecule has 8 nitrogen and oxygen atoms in total. The summed E-state index contributed by atoms with van der Waals surface area (Å²) in [6, 6.07) is 10.8. The maximum Gasteiger partial charge on any atom is 0.260 e. The molecule has 3 aromatic heterocycles. The third kappa shape index (κ3) is 4.00. The van der Waals surface area contributed by atoms with Crippen molar-refractivity contribution in [3.63, 3.8) is 0 Å². The standard InChI is InChI=1S/C25H26N6O2/c1-33-19-15-17(10-11-18(19)25(32)29-20-9-5-6-12-27-20)21-22-23(26)28-13-14-31(22)24(30-21)16-7-3-2-4-8-16/h5-6,9-16H,2-4,7-8H2,1H3,(H2,26,28)(H,27,29,32). The van der Waals surface area contributed by atoms with Crippen molar-refractivity contribution in [3.8, 4) is 17.0 Å². The highest BCUT2D eigenvalue weighted by atomic mass is 16.5. The molecule has 8 heteroatoms. The van der Waals surface area contributed by atoms with Gasteiger partial charge in [0.1, 0.15) is 34.4 Å². The molecule has 33 heavy (non-hydrogen) atoms. The topological polar surface area (TPSA) is 107 Å². The Morgan fingerprint density at radius 3 is 2.73 bits per heavy atom. The molecule has 1 aliphatic carbocycles. The second kappa shape index (κ2) is 8.90. The number of nitrogen functional groups attached to an aromatic ring is 1. The fraction of sp³-hybridized carbons (Fsp3) is 0.280. The van der Waals surface area contributed by atoms with Crippen LogP contribution >= 0.6 is 0 Å². The molecule has 1 aliphatic rings. The van der Waals surface area contributed by atoms with Gasteiger partial charge in [-0.05, 0) is 37.1 Å². The number of hydrogen-bond donors (Lipinski definition) is 2. The molecule has 0 spiro atoms. The van der Waals surface area contributed by atoms with E-state index in [-0.39, 0.29) is 5.91 Å². The van der Waals surface area contributed by atoms with E-state index in [0.717, 1.165) is 35.4 Å². The molecule has 1 amide bonds. The van der Waals surface area contributed by atoms with Gasteiger partial charge in [-0.1, -0.05) is 31.4 Å². The molecule has 3 N–H and O–H groups in total. The van der Waals surface area contributed by atoms with Gasteiger partial charge in [0.15, 0.2) is 0 Å². The summed E-state index contributed by atoms with van der Waals surface area (Å²) < 4.78 is 7.64. The molecule has 3 heterocycles. The third-order valence-electron chi connectivity index (χ3n) is 6.21. The first-order chi connectivity index (χ1) is 16.2. The predicted molar refractivity (Wildman–Crippen MR) is 127 cm³/mol.